The zero-order valence-electron chi connectivity index (χ0n) is 15.1. The van der Waals surface area contributed by atoms with Crippen molar-refractivity contribution in [1.82, 2.24) is 0 Å². The summed E-state index contributed by atoms with van der Waals surface area (Å²) in [6, 6.07) is 23.0. The lowest BCUT2D eigenvalue weighted by molar-refractivity contribution is -0.130. The number of fused-ring (bicyclic) bond motifs is 1. The quantitative estimate of drug-likeness (QED) is 0.712. The molecule has 4 rings (SSSR count). The van der Waals surface area contributed by atoms with E-state index in [1.54, 1.807) is 0 Å². The van der Waals surface area contributed by atoms with E-state index in [9.17, 15) is 14.3 Å². The van der Waals surface area contributed by atoms with Crippen LogP contribution >= 0.6 is 0 Å². The summed E-state index contributed by atoms with van der Waals surface area (Å²) in [4.78, 5) is 14.6. The Morgan fingerprint density at radius 3 is 2.25 bits per heavy atom. The summed E-state index contributed by atoms with van der Waals surface area (Å²) in [5, 5.41) is 11.1. The molecule has 0 aromatic heterocycles. The van der Waals surface area contributed by atoms with E-state index in [-0.39, 0.29) is 12.1 Å². The van der Waals surface area contributed by atoms with Crippen molar-refractivity contribution in [3.8, 4) is 11.8 Å². The van der Waals surface area contributed by atoms with Crippen molar-refractivity contribution in [2.24, 2.45) is 0 Å². The first-order valence-corrected chi connectivity index (χ1v) is 9.00. The number of hydrogen-bond donors (Lipinski definition) is 1. The number of carbonyl (C=O) groups is 1. The molecule has 0 bridgehead atoms. The van der Waals surface area contributed by atoms with Crippen molar-refractivity contribution in [2.45, 2.75) is 18.6 Å². The van der Waals surface area contributed by atoms with Gasteiger partial charge in [0.2, 0.25) is 5.60 Å². The van der Waals surface area contributed by atoms with Crippen LogP contribution in [-0.2, 0) is 23.4 Å². The minimum atomic E-state index is -2.05. The van der Waals surface area contributed by atoms with Crippen LogP contribution in [0.2, 0.25) is 0 Å². The lowest BCUT2D eigenvalue weighted by Gasteiger charge is -2.19. The first kappa shape index (κ1) is 18.0. The first-order chi connectivity index (χ1) is 13.6. The highest BCUT2D eigenvalue weighted by molar-refractivity contribution is 6.09. The molecular formula is C24H18FNO2. The monoisotopic (exact) mass is 371 g/mol. The van der Waals surface area contributed by atoms with Crippen LogP contribution < -0.4 is 4.90 Å². The Hall–Kier alpha value is -3.42. The van der Waals surface area contributed by atoms with Gasteiger partial charge in [-0.15, -0.1) is 0 Å². The van der Waals surface area contributed by atoms with Crippen LogP contribution in [0, 0.1) is 17.7 Å². The standard InChI is InChI=1S/C24H18FNO2/c25-20-13-14-22-21(16-20)24(28,15-7-12-18-8-3-1-4-9-18)23(27)26(22)17-19-10-5-2-6-11-19/h1-6,8-11,13-14,16,28H,12,17H2/t24-/m0/s1. The lowest BCUT2D eigenvalue weighted by atomic mass is 9.95. The van der Waals surface area contributed by atoms with Gasteiger partial charge in [-0.3, -0.25) is 4.79 Å². The Morgan fingerprint density at radius 1 is 0.929 bits per heavy atom. The SMILES string of the molecule is O=C1N(Cc2ccccc2)c2ccc(F)cc2[C@@]1(O)C#CCc1ccccc1. The van der Waals surface area contributed by atoms with E-state index >= 15 is 0 Å². The summed E-state index contributed by atoms with van der Waals surface area (Å²) < 4.78 is 13.9. The summed E-state index contributed by atoms with van der Waals surface area (Å²) in [7, 11) is 0. The predicted octanol–water partition coefficient (Wildman–Crippen LogP) is 3.81. The molecule has 0 fully saturated rings. The van der Waals surface area contributed by atoms with Gasteiger partial charge >= 0.3 is 0 Å². The maximum Gasteiger partial charge on any atom is 0.276 e. The number of benzene rings is 3. The number of hydrogen-bond acceptors (Lipinski definition) is 2. The van der Waals surface area contributed by atoms with Gasteiger partial charge in [0.1, 0.15) is 5.82 Å². The van der Waals surface area contributed by atoms with E-state index in [2.05, 4.69) is 11.8 Å². The van der Waals surface area contributed by atoms with Gasteiger partial charge in [0.05, 0.1) is 12.2 Å². The van der Waals surface area contributed by atoms with Gasteiger partial charge < -0.3 is 10.0 Å². The normalized spacial score (nSPS) is 17.8. The van der Waals surface area contributed by atoms with Crippen LogP contribution in [0.3, 0.4) is 0 Å². The zero-order chi connectivity index (χ0) is 19.6. The van der Waals surface area contributed by atoms with Crippen LogP contribution in [0.15, 0.2) is 78.9 Å². The van der Waals surface area contributed by atoms with Crippen LogP contribution in [0.4, 0.5) is 10.1 Å². The Bertz CT molecular complexity index is 1070. The third kappa shape index (κ3) is 3.28. The third-order valence-electron chi connectivity index (χ3n) is 4.78. The zero-order valence-corrected chi connectivity index (χ0v) is 15.1. The molecule has 0 radical (unpaired) electrons. The topological polar surface area (TPSA) is 40.5 Å². The van der Waals surface area contributed by atoms with Crippen molar-refractivity contribution < 1.29 is 14.3 Å². The highest BCUT2D eigenvalue weighted by Gasteiger charge is 2.49. The number of carbonyl (C=O) groups excluding carboxylic acids is 1. The molecule has 1 atom stereocenters. The highest BCUT2D eigenvalue weighted by Crippen LogP contribution is 2.41. The maximum absolute atomic E-state index is 13.9. The Morgan fingerprint density at radius 2 is 1.57 bits per heavy atom. The second-order valence-corrected chi connectivity index (χ2v) is 6.71. The van der Waals surface area contributed by atoms with E-state index in [1.807, 2.05) is 60.7 Å². The van der Waals surface area contributed by atoms with E-state index in [1.165, 1.54) is 23.1 Å². The van der Waals surface area contributed by atoms with Gasteiger partial charge in [-0.05, 0) is 29.3 Å². The third-order valence-corrected chi connectivity index (χ3v) is 4.78. The number of amides is 1. The Balaban J connectivity index is 1.70. The molecule has 28 heavy (non-hydrogen) atoms. The largest absolute Gasteiger partial charge is 0.366 e. The van der Waals surface area contributed by atoms with E-state index in [4.69, 9.17) is 0 Å². The van der Waals surface area contributed by atoms with E-state index in [0.717, 1.165) is 11.1 Å². The van der Waals surface area contributed by atoms with E-state index < -0.39 is 17.3 Å². The average Bonchev–Trinajstić information content (AvgIpc) is 2.91. The summed E-state index contributed by atoms with van der Waals surface area (Å²) in [6.07, 6.45) is 0.389. The molecule has 1 aliphatic heterocycles. The molecule has 3 aromatic rings. The number of halogens is 1. The van der Waals surface area contributed by atoms with Gasteiger partial charge in [0.25, 0.3) is 5.91 Å². The van der Waals surface area contributed by atoms with Gasteiger partial charge in [-0.25, -0.2) is 4.39 Å². The summed E-state index contributed by atoms with van der Waals surface area (Å²) in [5.41, 5.74) is 0.499. The lowest BCUT2D eigenvalue weighted by Crippen LogP contribution is -2.39. The number of aliphatic hydroxyl groups is 1. The van der Waals surface area contributed by atoms with Gasteiger partial charge in [-0.1, -0.05) is 72.5 Å². The fourth-order valence-corrected chi connectivity index (χ4v) is 3.37. The average molecular weight is 371 g/mol. The van der Waals surface area contributed by atoms with Crippen molar-refractivity contribution >= 4 is 11.6 Å². The highest BCUT2D eigenvalue weighted by atomic mass is 19.1. The smallest absolute Gasteiger partial charge is 0.276 e. The molecule has 0 saturated carbocycles. The van der Waals surface area contributed by atoms with Gasteiger partial charge in [0, 0.05) is 12.0 Å². The molecule has 3 aromatic carbocycles. The maximum atomic E-state index is 13.9. The molecule has 138 valence electrons. The van der Waals surface area contributed by atoms with Crippen LogP contribution in [-0.4, -0.2) is 11.0 Å². The minimum absolute atomic E-state index is 0.189. The van der Waals surface area contributed by atoms with Crippen molar-refractivity contribution in [2.75, 3.05) is 4.90 Å². The second kappa shape index (κ2) is 7.30. The van der Waals surface area contributed by atoms with Gasteiger partial charge in [0.15, 0.2) is 0 Å². The molecular weight excluding hydrogens is 353 g/mol. The van der Waals surface area contributed by atoms with E-state index in [0.29, 0.717) is 12.1 Å². The molecule has 0 spiro atoms. The van der Waals surface area contributed by atoms with Crippen LogP contribution in [0.1, 0.15) is 16.7 Å². The molecule has 1 amide bonds. The summed E-state index contributed by atoms with van der Waals surface area (Å²) in [5.74, 6) is 4.52. The summed E-state index contributed by atoms with van der Waals surface area (Å²) >= 11 is 0. The second-order valence-electron chi connectivity index (χ2n) is 6.71. The fourth-order valence-electron chi connectivity index (χ4n) is 3.37. The summed E-state index contributed by atoms with van der Waals surface area (Å²) in [6.45, 7) is 0.279. The molecule has 3 nitrogen and oxygen atoms in total. The molecule has 1 heterocycles. The number of nitrogens with zero attached hydrogens (tertiary/aromatic N) is 1. The number of anilines is 1. The minimum Gasteiger partial charge on any atom is -0.366 e. The van der Waals surface area contributed by atoms with Crippen molar-refractivity contribution in [3.63, 3.8) is 0 Å². The van der Waals surface area contributed by atoms with Crippen molar-refractivity contribution in [1.29, 1.82) is 0 Å². The molecule has 4 heteroatoms. The molecule has 1 N–H and O–H groups in total. The fraction of sp³-hybridized carbons (Fsp3) is 0.125. The molecule has 0 unspecified atom stereocenters. The van der Waals surface area contributed by atoms with Crippen LogP contribution in [0.5, 0.6) is 0 Å². The van der Waals surface area contributed by atoms with Crippen LogP contribution in [0.25, 0.3) is 0 Å². The molecule has 0 aliphatic carbocycles. The molecule has 1 aliphatic rings. The predicted molar refractivity (Wildman–Crippen MR) is 106 cm³/mol. The Labute approximate surface area is 163 Å². The Kier molecular flexibility index (Phi) is 4.68. The molecule has 0 saturated heterocycles. The van der Waals surface area contributed by atoms with Crippen molar-refractivity contribution in [3.05, 3.63) is 101 Å². The first-order valence-electron chi connectivity index (χ1n) is 9.00. The van der Waals surface area contributed by atoms with Gasteiger partial charge in [-0.2, -0.15) is 0 Å². The number of rotatable bonds is 3.